The number of ether oxygens (including phenoxy) is 1. The van der Waals surface area contributed by atoms with E-state index in [9.17, 15) is 8.42 Å². The summed E-state index contributed by atoms with van der Waals surface area (Å²) in [6.07, 6.45) is 2.61. The highest BCUT2D eigenvalue weighted by Crippen LogP contribution is 2.19. The van der Waals surface area contributed by atoms with Gasteiger partial charge in [-0.3, -0.25) is 4.84 Å². The molecule has 1 aromatic carbocycles. The second-order valence-corrected chi connectivity index (χ2v) is 7.97. The Balaban J connectivity index is 1.92. The van der Waals surface area contributed by atoms with Crippen molar-refractivity contribution in [1.29, 1.82) is 0 Å². The Morgan fingerprint density at radius 2 is 2.04 bits per heavy atom. The van der Waals surface area contributed by atoms with Crippen LogP contribution in [0.15, 0.2) is 41.7 Å². The molecule has 1 aliphatic rings. The van der Waals surface area contributed by atoms with Gasteiger partial charge in [-0.25, -0.2) is 13.4 Å². The second-order valence-electron chi connectivity index (χ2n) is 5.97. The van der Waals surface area contributed by atoms with Gasteiger partial charge in [0.15, 0.2) is 0 Å². The normalized spacial score (nSPS) is 15.7. The largest absolute Gasteiger partial charge is 0.384 e. The molecule has 25 heavy (non-hydrogen) atoms. The van der Waals surface area contributed by atoms with Crippen molar-refractivity contribution >= 4 is 9.84 Å². The van der Waals surface area contributed by atoms with Crippen LogP contribution in [0.5, 0.6) is 0 Å². The van der Waals surface area contributed by atoms with Crippen LogP contribution in [0.2, 0.25) is 0 Å². The van der Waals surface area contributed by atoms with Crippen molar-refractivity contribution in [2.45, 2.75) is 24.7 Å². The first-order valence-electron chi connectivity index (χ1n) is 8.28. The SMILES string of the molecule is COCCS(=O)(=O)c1ncc(CN2CCCO2)n1Cc1ccccc1. The minimum atomic E-state index is -3.52. The van der Waals surface area contributed by atoms with E-state index < -0.39 is 9.84 Å². The fourth-order valence-electron chi connectivity index (χ4n) is 2.79. The second kappa shape index (κ2) is 8.09. The van der Waals surface area contributed by atoms with Crippen LogP contribution in [0.1, 0.15) is 17.7 Å². The molecular formula is C17H23N3O4S. The molecule has 2 heterocycles. The van der Waals surface area contributed by atoms with Crippen LogP contribution in [0.4, 0.5) is 0 Å². The van der Waals surface area contributed by atoms with Gasteiger partial charge in [-0.1, -0.05) is 30.3 Å². The van der Waals surface area contributed by atoms with E-state index in [1.807, 2.05) is 35.4 Å². The van der Waals surface area contributed by atoms with E-state index in [1.54, 1.807) is 10.8 Å². The number of sulfone groups is 1. The highest BCUT2D eigenvalue weighted by molar-refractivity contribution is 7.91. The number of rotatable bonds is 8. The molecule has 1 aromatic heterocycles. The maximum absolute atomic E-state index is 12.6. The maximum atomic E-state index is 12.6. The quantitative estimate of drug-likeness (QED) is 0.706. The predicted molar refractivity (Wildman–Crippen MR) is 92.7 cm³/mol. The third-order valence-electron chi connectivity index (χ3n) is 4.08. The summed E-state index contributed by atoms with van der Waals surface area (Å²) >= 11 is 0. The molecule has 1 saturated heterocycles. The molecule has 136 valence electrons. The first kappa shape index (κ1) is 18.1. The van der Waals surface area contributed by atoms with Gasteiger partial charge in [-0.15, -0.1) is 0 Å². The molecule has 0 unspecified atom stereocenters. The predicted octanol–water partition coefficient (Wildman–Crippen LogP) is 1.49. The van der Waals surface area contributed by atoms with E-state index in [-0.39, 0.29) is 17.5 Å². The molecule has 0 spiro atoms. The third-order valence-corrected chi connectivity index (χ3v) is 5.67. The van der Waals surface area contributed by atoms with Gasteiger partial charge in [-0.2, -0.15) is 5.06 Å². The highest BCUT2D eigenvalue weighted by atomic mass is 32.2. The van der Waals surface area contributed by atoms with Crippen LogP contribution >= 0.6 is 0 Å². The fraction of sp³-hybridized carbons (Fsp3) is 0.471. The van der Waals surface area contributed by atoms with Gasteiger partial charge in [0.25, 0.3) is 0 Å². The van der Waals surface area contributed by atoms with E-state index in [2.05, 4.69) is 4.98 Å². The molecule has 3 rings (SSSR count). The number of hydrogen-bond donors (Lipinski definition) is 0. The molecule has 1 fully saturated rings. The molecular weight excluding hydrogens is 342 g/mol. The highest BCUT2D eigenvalue weighted by Gasteiger charge is 2.25. The fourth-order valence-corrected chi connectivity index (χ4v) is 4.09. The molecule has 1 aliphatic heterocycles. The summed E-state index contributed by atoms with van der Waals surface area (Å²) in [5.41, 5.74) is 1.84. The number of methoxy groups -OCH3 is 1. The van der Waals surface area contributed by atoms with Crippen molar-refractivity contribution in [2.24, 2.45) is 0 Å². The lowest BCUT2D eigenvalue weighted by atomic mass is 10.2. The van der Waals surface area contributed by atoms with Crippen LogP contribution in [0.3, 0.4) is 0 Å². The van der Waals surface area contributed by atoms with E-state index >= 15 is 0 Å². The standard InChI is InChI=1S/C17H23N3O4S/c1-23-10-11-25(21,22)17-18-12-16(14-19-8-5-9-24-19)20(17)13-15-6-3-2-4-7-15/h2-4,6-7,12H,5,8-11,13-14H2,1H3. The van der Waals surface area contributed by atoms with E-state index in [0.29, 0.717) is 19.7 Å². The Morgan fingerprint density at radius 1 is 1.24 bits per heavy atom. The Hall–Kier alpha value is -1.74. The van der Waals surface area contributed by atoms with Gasteiger partial charge in [0.05, 0.1) is 43.9 Å². The van der Waals surface area contributed by atoms with Gasteiger partial charge in [-0.05, 0) is 12.0 Å². The summed E-state index contributed by atoms with van der Waals surface area (Å²) in [5.74, 6) is -0.0883. The van der Waals surface area contributed by atoms with Crippen molar-refractivity contribution in [1.82, 2.24) is 14.6 Å². The average molecular weight is 365 g/mol. The summed E-state index contributed by atoms with van der Waals surface area (Å²) in [6, 6.07) is 9.76. The number of hydroxylamine groups is 2. The number of hydrogen-bond acceptors (Lipinski definition) is 6. The third kappa shape index (κ3) is 4.46. The summed E-state index contributed by atoms with van der Waals surface area (Å²) in [6.45, 7) is 2.64. The number of imidazole rings is 1. The van der Waals surface area contributed by atoms with Crippen molar-refractivity contribution in [3.05, 3.63) is 47.8 Å². The molecule has 0 saturated carbocycles. The van der Waals surface area contributed by atoms with Crippen molar-refractivity contribution in [2.75, 3.05) is 32.6 Å². The van der Waals surface area contributed by atoms with E-state index in [1.165, 1.54) is 7.11 Å². The first-order valence-corrected chi connectivity index (χ1v) is 9.93. The van der Waals surface area contributed by atoms with Crippen molar-refractivity contribution in [3.8, 4) is 0 Å². The van der Waals surface area contributed by atoms with E-state index in [4.69, 9.17) is 9.57 Å². The lowest BCUT2D eigenvalue weighted by Gasteiger charge is -2.17. The Bertz CT molecular complexity index is 783. The number of aromatic nitrogens is 2. The van der Waals surface area contributed by atoms with Crippen LogP contribution in [-0.4, -0.2) is 55.7 Å². The zero-order valence-corrected chi connectivity index (χ0v) is 15.1. The molecule has 0 bridgehead atoms. The molecule has 0 aliphatic carbocycles. The van der Waals surface area contributed by atoms with Gasteiger partial charge in [0.2, 0.25) is 15.0 Å². The van der Waals surface area contributed by atoms with Crippen LogP contribution < -0.4 is 0 Å². The van der Waals surface area contributed by atoms with Gasteiger partial charge in [0, 0.05) is 13.7 Å². The number of benzene rings is 1. The maximum Gasteiger partial charge on any atom is 0.228 e. The molecule has 0 radical (unpaired) electrons. The Kier molecular flexibility index (Phi) is 5.85. The minimum absolute atomic E-state index is 0.0857. The van der Waals surface area contributed by atoms with Crippen LogP contribution in [0, 0.1) is 0 Å². The van der Waals surface area contributed by atoms with Gasteiger partial charge < -0.3 is 9.30 Å². The summed E-state index contributed by atoms with van der Waals surface area (Å²) in [7, 11) is -2.03. The zero-order chi connectivity index (χ0) is 17.7. The molecule has 0 N–H and O–H groups in total. The van der Waals surface area contributed by atoms with Crippen molar-refractivity contribution < 1.29 is 18.0 Å². The summed E-state index contributed by atoms with van der Waals surface area (Å²) in [4.78, 5) is 9.76. The smallest absolute Gasteiger partial charge is 0.228 e. The first-order chi connectivity index (χ1) is 12.1. The Morgan fingerprint density at radius 3 is 2.72 bits per heavy atom. The zero-order valence-electron chi connectivity index (χ0n) is 14.3. The van der Waals surface area contributed by atoms with Gasteiger partial charge in [0.1, 0.15) is 0 Å². The van der Waals surface area contributed by atoms with Crippen LogP contribution in [0.25, 0.3) is 0 Å². The molecule has 0 atom stereocenters. The van der Waals surface area contributed by atoms with E-state index in [0.717, 1.165) is 24.2 Å². The lowest BCUT2D eigenvalue weighted by Crippen LogP contribution is -2.22. The molecule has 7 nitrogen and oxygen atoms in total. The van der Waals surface area contributed by atoms with Crippen molar-refractivity contribution in [3.63, 3.8) is 0 Å². The summed E-state index contributed by atoms with van der Waals surface area (Å²) in [5, 5.41) is 1.94. The Labute approximate surface area is 148 Å². The average Bonchev–Trinajstić information content (AvgIpc) is 3.25. The van der Waals surface area contributed by atoms with Gasteiger partial charge >= 0.3 is 0 Å². The minimum Gasteiger partial charge on any atom is -0.384 e. The molecule has 0 amide bonds. The lowest BCUT2D eigenvalue weighted by molar-refractivity contribution is -0.118. The molecule has 2 aromatic rings. The monoisotopic (exact) mass is 365 g/mol. The summed E-state index contributed by atoms with van der Waals surface area (Å²) < 4.78 is 32.0. The van der Waals surface area contributed by atoms with Crippen LogP contribution in [-0.2, 0) is 32.5 Å². The topological polar surface area (TPSA) is 73.7 Å². The number of nitrogens with zero attached hydrogens (tertiary/aromatic N) is 3. The molecule has 8 heteroatoms.